The summed E-state index contributed by atoms with van der Waals surface area (Å²) in [6.07, 6.45) is 0. The normalized spacial score (nSPS) is 10.5. The Kier molecular flexibility index (Phi) is 6.69. The molecular weight excluding hydrogens is 390 g/mol. The van der Waals surface area contributed by atoms with Crippen LogP contribution in [0, 0.1) is 0 Å². The number of hydrogen-bond acceptors (Lipinski definition) is 7. The van der Waals surface area contributed by atoms with Crippen molar-refractivity contribution in [1.82, 2.24) is 5.32 Å². The molecule has 0 spiro atoms. The third kappa shape index (κ3) is 4.78. The van der Waals surface area contributed by atoms with E-state index in [0.717, 1.165) is 0 Å². The van der Waals surface area contributed by atoms with Crippen LogP contribution >= 0.6 is 0 Å². The zero-order valence-corrected chi connectivity index (χ0v) is 16.6. The van der Waals surface area contributed by atoms with Gasteiger partial charge in [-0.05, 0) is 31.2 Å². The molecule has 2 aromatic carbocycles. The van der Waals surface area contributed by atoms with Gasteiger partial charge in [0.05, 0.1) is 19.3 Å². The number of esters is 2. The maximum atomic E-state index is 12.2. The van der Waals surface area contributed by atoms with Crippen molar-refractivity contribution in [3.8, 4) is 5.75 Å². The van der Waals surface area contributed by atoms with Gasteiger partial charge in [0.15, 0.2) is 0 Å². The molecule has 0 aliphatic carbocycles. The molecule has 3 aromatic rings. The monoisotopic (exact) mass is 411 g/mol. The Labute approximate surface area is 172 Å². The van der Waals surface area contributed by atoms with Gasteiger partial charge in [0.1, 0.15) is 24.5 Å². The van der Waals surface area contributed by atoms with Crippen LogP contribution < -0.4 is 10.1 Å². The van der Waals surface area contributed by atoms with Crippen LogP contribution in [0.25, 0.3) is 11.0 Å². The number of nitrogens with one attached hydrogen (secondary N) is 1. The molecule has 30 heavy (non-hydrogen) atoms. The Morgan fingerprint density at radius 2 is 1.83 bits per heavy atom. The first-order chi connectivity index (χ1) is 14.5. The number of amides is 1. The van der Waals surface area contributed by atoms with Gasteiger partial charge < -0.3 is 23.9 Å². The van der Waals surface area contributed by atoms with Crippen molar-refractivity contribution in [3.63, 3.8) is 0 Å². The van der Waals surface area contributed by atoms with Gasteiger partial charge >= 0.3 is 11.9 Å². The van der Waals surface area contributed by atoms with E-state index in [1.165, 1.54) is 7.11 Å². The molecule has 156 valence electrons. The Hall–Kier alpha value is -3.81. The van der Waals surface area contributed by atoms with E-state index >= 15 is 0 Å². The van der Waals surface area contributed by atoms with E-state index in [1.54, 1.807) is 55.5 Å². The minimum absolute atomic E-state index is 0.00809. The van der Waals surface area contributed by atoms with E-state index in [1.807, 2.05) is 0 Å². The second-order valence-corrected chi connectivity index (χ2v) is 6.20. The SMILES string of the molecule is CCOC(=O)c1oc2ccccc2c1COC(=O)CNC(=O)c1cccc(OC)c1. The fourth-order valence-corrected chi connectivity index (χ4v) is 2.83. The van der Waals surface area contributed by atoms with Gasteiger partial charge in [-0.15, -0.1) is 0 Å². The lowest BCUT2D eigenvalue weighted by Gasteiger charge is -2.08. The van der Waals surface area contributed by atoms with E-state index in [0.29, 0.717) is 27.8 Å². The predicted molar refractivity (Wildman–Crippen MR) is 107 cm³/mol. The van der Waals surface area contributed by atoms with Gasteiger partial charge in [-0.3, -0.25) is 9.59 Å². The van der Waals surface area contributed by atoms with Gasteiger partial charge in [-0.25, -0.2) is 4.79 Å². The standard InChI is InChI=1S/C22H21NO7/c1-3-28-22(26)20-17(16-9-4-5-10-18(16)30-20)13-29-19(24)12-23-21(25)14-7-6-8-15(11-14)27-2/h4-11H,3,12-13H2,1-2H3,(H,23,25). The van der Waals surface area contributed by atoms with Crippen LogP contribution in [0.5, 0.6) is 5.75 Å². The zero-order valence-electron chi connectivity index (χ0n) is 16.6. The van der Waals surface area contributed by atoms with E-state index in [-0.39, 0.29) is 25.5 Å². The van der Waals surface area contributed by atoms with Crippen LogP contribution in [0.15, 0.2) is 52.9 Å². The number of carbonyl (C=O) groups is 3. The highest BCUT2D eigenvalue weighted by atomic mass is 16.5. The van der Waals surface area contributed by atoms with Crippen molar-refractivity contribution in [2.45, 2.75) is 13.5 Å². The molecule has 1 aromatic heterocycles. The van der Waals surface area contributed by atoms with Gasteiger partial charge in [0.25, 0.3) is 5.91 Å². The lowest BCUT2D eigenvalue weighted by molar-refractivity contribution is -0.143. The van der Waals surface area contributed by atoms with E-state index in [4.69, 9.17) is 18.6 Å². The molecule has 0 saturated carbocycles. The summed E-state index contributed by atoms with van der Waals surface area (Å²) in [6, 6.07) is 13.6. The summed E-state index contributed by atoms with van der Waals surface area (Å²) in [7, 11) is 1.50. The van der Waals surface area contributed by atoms with Crippen LogP contribution in [0.4, 0.5) is 0 Å². The van der Waals surface area contributed by atoms with E-state index in [9.17, 15) is 14.4 Å². The van der Waals surface area contributed by atoms with Crippen LogP contribution in [-0.2, 0) is 20.9 Å². The average Bonchev–Trinajstić information content (AvgIpc) is 3.15. The molecule has 0 aliphatic rings. The van der Waals surface area contributed by atoms with Crippen LogP contribution in [0.3, 0.4) is 0 Å². The van der Waals surface area contributed by atoms with Crippen molar-refractivity contribution < 1.29 is 33.0 Å². The molecule has 3 rings (SSSR count). The van der Waals surface area contributed by atoms with Gasteiger partial charge in [0.2, 0.25) is 5.76 Å². The largest absolute Gasteiger partial charge is 0.497 e. The molecule has 8 heteroatoms. The van der Waals surface area contributed by atoms with Crippen LogP contribution in [0.2, 0.25) is 0 Å². The Morgan fingerprint density at radius 1 is 1.03 bits per heavy atom. The molecule has 0 saturated heterocycles. The average molecular weight is 411 g/mol. The fourth-order valence-electron chi connectivity index (χ4n) is 2.83. The summed E-state index contributed by atoms with van der Waals surface area (Å²) in [4.78, 5) is 36.5. The van der Waals surface area contributed by atoms with Crippen molar-refractivity contribution in [2.24, 2.45) is 0 Å². The summed E-state index contributed by atoms with van der Waals surface area (Å²) in [5.74, 6) is -1.21. The van der Waals surface area contributed by atoms with Gasteiger partial charge in [-0.2, -0.15) is 0 Å². The summed E-state index contributed by atoms with van der Waals surface area (Å²) < 4.78 is 20.9. The summed E-state index contributed by atoms with van der Waals surface area (Å²) in [6.45, 7) is 1.34. The minimum Gasteiger partial charge on any atom is -0.497 e. The Balaban J connectivity index is 1.64. The lowest BCUT2D eigenvalue weighted by atomic mass is 10.1. The first-order valence-electron chi connectivity index (χ1n) is 9.29. The number of furan rings is 1. The van der Waals surface area contributed by atoms with E-state index < -0.39 is 17.8 Å². The van der Waals surface area contributed by atoms with Crippen molar-refractivity contribution in [3.05, 3.63) is 65.4 Å². The second kappa shape index (κ2) is 9.60. The summed E-state index contributed by atoms with van der Waals surface area (Å²) in [5, 5.41) is 3.14. The molecule has 0 fully saturated rings. The first-order valence-corrected chi connectivity index (χ1v) is 9.29. The lowest BCUT2D eigenvalue weighted by Crippen LogP contribution is -2.30. The van der Waals surface area contributed by atoms with E-state index in [2.05, 4.69) is 5.32 Å². The molecule has 0 atom stereocenters. The molecule has 1 amide bonds. The van der Waals surface area contributed by atoms with Crippen molar-refractivity contribution in [1.29, 1.82) is 0 Å². The molecule has 1 N–H and O–H groups in total. The Morgan fingerprint density at radius 3 is 2.60 bits per heavy atom. The number of para-hydroxylation sites is 1. The number of rotatable bonds is 8. The summed E-state index contributed by atoms with van der Waals surface area (Å²) >= 11 is 0. The molecule has 8 nitrogen and oxygen atoms in total. The first kappa shape index (κ1) is 20.9. The smallest absolute Gasteiger partial charge is 0.374 e. The number of methoxy groups -OCH3 is 1. The number of carbonyl (C=O) groups excluding carboxylic acids is 3. The number of benzene rings is 2. The third-order valence-electron chi connectivity index (χ3n) is 4.26. The summed E-state index contributed by atoms with van der Waals surface area (Å²) in [5.41, 5.74) is 1.25. The second-order valence-electron chi connectivity index (χ2n) is 6.20. The predicted octanol–water partition coefficient (Wildman–Crippen LogP) is 3.09. The van der Waals surface area contributed by atoms with Crippen LogP contribution in [-0.4, -0.2) is 38.1 Å². The third-order valence-corrected chi connectivity index (χ3v) is 4.26. The highest BCUT2D eigenvalue weighted by molar-refractivity contribution is 5.97. The molecule has 0 aliphatic heterocycles. The van der Waals surface area contributed by atoms with Crippen LogP contribution in [0.1, 0.15) is 33.4 Å². The number of ether oxygens (including phenoxy) is 3. The minimum atomic E-state index is -0.661. The zero-order chi connectivity index (χ0) is 21.5. The fraction of sp³-hybridized carbons (Fsp3) is 0.227. The number of hydrogen-bond donors (Lipinski definition) is 1. The molecular formula is C22H21NO7. The van der Waals surface area contributed by atoms with Crippen molar-refractivity contribution >= 4 is 28.8 Å². The molecule has 0 radical (unpaired) electrons. The maximum Gasteiger partial charge on any atom is 0.374 e. The highest BCUT2D eigenvalue weighted by Crippen LogP contribution is 2.27. The molecule has 0 unspecified atom stereocenters. The number of fused-ring (bicyclic) bond motifs is 1. The van der Waals surface area contributed by atoms with Gasteiger partial charge in [0, 0.05) is 10.9 Å². The topological polar surface area (TPSA) is 104 Å². The maximum absolute atomic E-state index is 12.2. The highest BCUT2D eigenvalue weighted by Gasteiger charge is 2.22. The molecule has 0 bridgehead atoms. The quantitative estimate of drug-likeness (QED) is 0.568. The van der Waals surface area contributed by atoms with Gasteiger partial charge in [-0.1, -0.05) is 24.3 Å². The molecule has 1 heterocycles. The Bertz CT molecular complexity index is 1070. The van der Waals surface area contributed by atoms with Crippen molar-refractivity contribution in [2.75, 3.05) is 20.3 Å².